The third kappa shape index (κ3) is 4.86. The van der Waals surface area contributed by atoms with Crippen molar-refractivity contribution in [2.45, 2.75) is 26.9 Å². The van der Waals surface area contributed by atoms with Crippen molar-refractivity contribution in [3.8, 4) is 5.75 Å². The molecule has 8 nitrogen and oxygen atoms in total. The van der Waals surface area contributed by atoms with Gasteiger partial charge in [0, 0.05) is 31.4 Å². The Morgan fingerprint density at radius 3 is 2.38 bits per heavy atom. The van der Waals surface area contributed by atoms with E-state index in [0.717, 1.165) is 4.90 Å². The Balaban J connectivity index is 1.74. The molecule has 0 unspecified atom stereocenters. The van der Waals surface area contributed by atoms with Crippen LogP contribution in [0.15, 0.2) is 36.4 Å². The third-order valence-electron chi connectivity index (χ3n) is 5.06. The lowest BCUT2D eigenvalue weighted by molar-refractivity contribution is 0.0469. The Morgan fingerprint density at radius 1 is 0.969 bits per heavy atom. The van der Waals surface area contributed by atoms with Crippen LogP contribution in [0.3, 0.4) is 0 Å². The number of hydrogen-bond acceptors (Lipinski definition) is 7. The molecule has 0 saturated heterocycles. The molecule has 168 valence electrons. The summed E-state index contributed by atoms with van der Waals surface area (Å²) in [5.41, 5.74) is 1.64. The fourth-order valence-corrected chi connectivity index (χ4v) is 3.42. The van der Waals surface area contributed by atoms with Crippen LogP contribution in [0.4, 0.5) is 0 Å². The van der Waals surface area contributed by atoms with E-state index >= 15 is 0 Å². The highest BCUT2D eigenvalue weighted by molar-refractivity contribution is 6.21. The summed E-state index contributed by atoms with van der Waals surface area (Å²) in [5.74, 6) is -1.07. The average molecular weight is 439 g/mol. The maximum absolute atomic E-state index is 12.6. The number of ketones is 1. The normalized spacial score (nSPS) is 12.7. The number of rotatable bonds is 10. The van der Waals surface area contributed by atoms with Gasteiger partial charge >= 0.3 is 5.97 Å². The summed E-state index contributed by atoms with van der Waals surface area (Å²) >= 11 is 0. The average Bonchev–Trinajstić information content (AvgIpc) is 3.02. The minimum absolute atomic E-state index is 0.109. The molecular formula is C24H25NO7. The minimum Gasteiger partial charge on any atom is -0.493 e. The number of nitrogens with zero attached hydrogens (tertiary/aromatic N) is 1. The zero-order chi connectivity index (χ0) is 23.3. The van der Waals surface area contributed by atoms with Crippen molar-refractivity contribution < 1.29 is 33.4 Å². The molecule has 0 fully saturated rings. The maximum Gasteiger partial charge on any atom is 0.338 e. The monoisotopic (exact) mass is 439 g/mol. The second-order valence-electron chi connectivity index (χ2n) is 7.26. The molecule has 0 radical (unpaired) electrons. The molecular weight excluding hydrogens is 414 g/mol. The van der Waals surface area contributed by atoms with Crippen molar-refractivity contribution in [3.63, 3.8) is 0 Å². The predicted octanol–water partition coefficient (Wildman–Crippen LogP) is 3.28. The number of esters is 1. The highest BCUT2D eigenvalue weighted by atomic mass is 16.5. The van der Waals surface area contributed by atoms with E-state index in [2.05, 4.69) is 0 Å². The molecule has 32 heavy (non-hydrogen) atoms. The molecule has 0 atom stereocenters. The maximum atomic E-state index is 12.6. The molecule has 1 aliphatic rings. The number of amides is 2. The number of methoxy groups -OCH3 is 1. The lowest BCUT2D eigenvalue weighted by Gasteiger charge is -2.12. The summed E-state index contributed by atoms with van der Waals surface area (Å²) in [6.07, 6.45) is 0.526. The Labute approximate surface area is 186 Å². The highest BCUT2D eigenvalue weighted by Crippen LogP contribution is 2.26. The summed E-state index contributed by atoms with van der Waals surface area (Å²) in [6.45, 7) is 4.26. The van der Waals surface area contributed by atoms with Gasteiger partial charge in [-0.25, -0.2) is 4.79 Å². The van der Waals surface area contributed by atoms with Gasteiger partial charge in [-0.2, -0.15) is 0 Å². The molecule has 0 spiro atoms. The molecule has 2 aromatic carbocycles. The minimum atomic E-state index is -0.651. The van der Waals surface area contributed by atoms with Gasteiger partial charge in [0.2, 0.25) is 0 Å². The molecule has 0 aliphatic carbocycles. The van der Waals surface area contributed by atoms with Gasteiger partial charge in [0.1, 0.15) is 12.4 Å². The molecule has 8 heteroatoms. The second-order valence-corrected chi connectivity index (χ2v) is 7.26. The molecule has 2 aromatic rings. The molecule has 0 saturated carbocycles. The number of Topliss-reactive ketones (excluding diaryl/α,β-unsaturated/α-hetero) is 1. The van der Waals surface area contributed by atoms with E-state index in [0.29, 0.717) is 36.5 Å². The van der Waals surface area contributed by atoms with Crippen molar-refractivity contribution in [2.75, 3.05) is 26.9 Å². The van der Waals surface area contributed by atoms with Gasteiger partial charge in [0.15, 0.2) is 5.78 Å². The van der Waals surface area contributed by atoms with Gasteiger partial charge in [-0.1, -0.05) is 0 Å². The largest absolute Gasteiger partial charge is 0.493 e. The van der Waals surface area contributed by atoms with Gasteiger partial charge in [-0.3, -0.25) is 19.3 Å². The third-order valence-corrected chi connectivity index (χ3v) is 5.06. The highest BCUT2D eigenvalue weighted by Gasteiger charge is 2.35. The van der Waals surface area contributed by atoms with E-state index in [9.17, 15) is 19.2 Å². The molecule has 0 bridgehead atoms. The number of imide groups is 1. The lowest BCUT2D eigenvalue weighted by atomic mass is 10.1. The Bertz CT molecular complexity index is 1060. The van der Waals surface area contributed by atoms with Crippen molar-refractivity contribution >= 4 is 23.6 Å². The van der Waals surface area contributed by atoms with Crippen LogP contribution in [0.2, 0.25) is 0 Å². The number of hydrogen-bond donors (Lipinski definition) is 0. The van der Waals surface area contributed by atoms with Crippen LogP contribution in [-0.2, 0) is 16.1 Å². The first-order chi connectivity index (χ1) is 15.4. The molecule has 0 aromatic heterocycles. The zero-order valence-electron chi connectivity index (χ0n) is 18.3. The smallest absolute Gasteiger partial charge is 0.338 e. The Morgan fingerprint density at radius 2 is 1.69 bits per heavy atom. The molecule has 3 rings (SSSR count). The number of carbonyl (C=O) groups is 4. The van der Waals surface area contributed by atoms with Gasteiger partial charge in [0.25, 0.3) is 11.8 Å². The van der Waals surface area contributed by atoms with Crippen molar-refractivity contribution in [2.24, 2.45) is 0 Å². The first-order valence-corrected chi connectivity index (χ1v) is 10.3. The van der Waals surface area contributed by atoms with Crippen LogP contribution in [0.25, 0.3) is 0 Å². The molecule has 0 N–H and O–H groups in total. The van der Waals surface area contributed by atoms with Gasteiger partial charge < -0.3 is 14.2 Å². The standard InChI is InChI=1S/C24H25NO7/c1-4-31-21-9-7-16(15(2)26)12-18(21)14-32-24(29)17-6-8-19-20(13-17)23(28)25(22(19)27)10-5-11-30-3/h6-9,12-13H,4-5,10-11,14H2,1-3H3. The van der Waals surface area contributed by atoms with Crippen LogP contribution in [0.5, 0.6) is 5.75 Å². The first kappa shape index (κ1) is 23.1. The molecule has 2 amide bonds. The van der Waals surface area contributed by atoms with Gasteiger partial charge in [0.05, 0.1) is 23.3 Å². The summed E-state index contributed by atoms with van der Waals surface area (Å²) in [5, 5.41) is 0. The van der Waals surface area contributed by atoms with Crippen LogP contribution >= 0.6 is 0 Å². The number of fused-ring (bicyclic) bond motifs is 1. The topological polar surface area (TPSA) is 99.2 Å². The quantitative estimate of drug-likeness (QED) is 0.242. The van der Waals surface area contributed by atoms with E-state index < -0.39 is 11.9 Å². The fourth-order valence-electron chi connectivity index (χ4n) is 3.42. The lowest BCUT2D eigenvalue weighted by Crippen LogP contribution is -2.31. The predicted molar refractivity (Wildman–Crippen MR) is 115 cm³/mol. The number of carbonyl (C=O) groups excluding carboxylic acids is 4. The summed E-state index contributed by atoms with van der Waals surface area (Å²) in [4.78, 5) is 50.6. The van der Waals surface area contributed by atoms with Gasteiger partial charge in [-0.15, -0.1) is 0 Å². The Kier molecular flexibility index (Phi) is 7.37. The van der Waals surface area contributed by atoms with E-state index in [1.54, 1.807) is 25.3 Å². The van der Waals surface area contributed by atoms with Crippen LogP contribution in [0.1, 0.15) is 67.3 Å². The van der Waals surface area contributed by atoms with Crippen molar-refractivity contribution in [1.82, 2.24) is 4.90 Å². The summed E-state index contributed by atoms with van der Waals surface area (Å²) in [6, 6.07) is 9.25. The van der Waals surface area contributed by atoms with E-state index in [1.165, 1.54) is 25.1 Å². The first-order valence-electron chi connectivity index (χ1n) is 10.3. The van der Waals surface area contributed by atoms with E-state index in [4.69, 9.17) is 14.2 Å². The second kappa shape index (κ2) is 10.2. The van der Waals surface area contributed by atoms with Crippen LogP contribution in [-0.4, -0.2) is 55.3 Å². The fraction of sp³-hybridized carbons (Fsp3) is 0.333. The van der Waals surface area contributed by atoms with E-state index in [-0.39, 0.29) is 41.5 Å². The van der Waals surface area contributed by atoms with E-state index in [1.807, 2.05) is 6.92 Å². The summed E-state index contributed by atoms with van der Waals surface area (Å²) < 4.78 is 15.9. The zero-order valence-corrected chi connectivity index (χ0v) is 18.3. The van der Waals surface area contributed by atoms with Crippen molar-refractivity contribution in [3.05, 3.63) is 64.2 Å². The summed E-state index contributed by atoms with van der Waals surface area (Å²) in [7, 11) is 1.55. The Hall–Kier alpha value is -3.52. The molecule has 1 aliphatic heterocycles. The van der Waals surface area contributed by atoms with Crippen LogP contribution < -0.4 is 4.74 Å². The molecule has 1 heterocycles. The van der Waals surface area contributed by atoms with Gasteiger partial charge in [-0.05, 0) is 56.7 Å². The van der Waals surface area contributed by atoms with Crippen LogP contribution in [0, 0.1) is 0 Å². The number of ether oxygens (including phenoxy) is 3. The number of benzene rings is 2. The SMILES string of the molecule is CCOc1ccc(C(C)=O)cc1COC(=O)c1ccc2c(c1)C(=O)N(CCCOC)C2=O. The van der Waals surface area contributed by atoms with Crippen molar-refractivity contribution in [1.29, 1.82) is 0 Å².